The molecule has 5 heteroatoms. The van der Waals surface area contributed by atoms with Crippen molar-refractivity contribution >= 4 is 22.5 Å². The van der Waals surface area contributed by atoms with Gasteiger partial charge in [0.1, 0.15) is 5.69 Å². The normalized spacial score (nSPS) is 11.2. The minimum atomic E-state index is -0.119. The Bertz CT molecular complexity index is 1080. The summed E-state index contributed by atoms with van der Waals surface area (Å²) in [6.07, 6.45) is 3.94. The van der Waals surface area contributed by atoms with Crippen LogP contribution in [0.5, 0.6) is 0 Å². The monoisotopic (exact) mass is 358 g/mol. The van der Waals surface area contributed by atoms with Gasteiger partial charge in [-0.3, -0.25) is 9.48 Å². The van der Waals surface area contributed by atoms with Gasteiger partial charge in [-0.2, -0.15) is 5.10 Å². The van der Waals surface area contributed by atoms with Crippen molar-refractivity contribution in [1.82, 2.24) is 14.3 Å². The molecule has 0 saturated carbocycles. The number of carbonyl (C=O) groups excluding carboxylic acids is 1. The highest BCUT2D eigenvalue weighted by molar-refractivity contribution is 6.04. The first-order valence-corrected chi connectivity index (χ1v) is 9.09. The highest BCUT2D eigenvalue weighted by Gasteiger charge is 2.12. The average molecular weight is 358 g/mol. The van der Waals surface area contributed by atoms with E-state index in [1.165, 1.54) is 0 Å². The molecule has 4 aromatic rings. The summed E-state index contributed by atoms with van der Waals surface area (Å²) in [4.78, 5) is 12.8. The van der Waals surface area contributed by atoms with Gasteiger partial charge in [0.05, 0.1) is 5.52 Å². The van der Waals surface area contributed by atoms with Crippen molar-refractivity contribution in [1.29, 1.82) is 0 Å². The molecule has 0 unspecified atom stereocenters. The third-order valence-corrected chi connectivity index (χ3v) is 4.57. The maximum absolute atomic E-state index is 12.8. The molecule has 0 fully saturated rings. The van der Waals surface area contributed by atoms with E-state index in [-0.39, 0.29) is 5.91 Å². The van der Waals surface area contributed by atoms with Crippen molar-refractivity contribution in [3.05, 3.63) is 84.3 Å². The molecular formula is C22H22N4O. The molecule has 2 aromatic heterocycles. The number of hydrogen-bond acceptors (Lipinski definition) is 2. The number of fused-ring (bicyclic) bond motifs is 1. The van der Waals surface area contributed by atoms with Crippen LogP contribution in [0.3, 0.4) is 0 Å². The lowest BCUT2D eigenvalue weighted by molar-refractivity contribution is 0.101. The van der Waals surface area contributed by atoms with Gasteiger partial charge >= 0.3 is 0 Å². The molecule has 0 saturated heterocycles. The molecule has 1 amide bonds. The molecule has 0 aliphatic heterocycles. The van der Waals surface area contributed by atoms with Crippen molar-refractivity contribution in [2.24, 2.45) is 0 Å². The van der Waals surface area contributed by atoms with Crippen LogP contribution in [-0.2, 0) is 6.54 Å². The van der Waals surface area contributed by atoms with Crippen molar-refractivity contribution in [3.63, 3.8) is 0 Å². The second kappa shape index (κ2) is 7.11. The topological polar surface area (TPSA) is 51.9 Å². The van der Waals surface area contributed by atoms with Gasteiger partial charge in [0, 0.05) is 36.1 Å². The van der Waals surface area contributed by atoms with Crippen LogP contribution in [0.1, 0.15) is 35.9 Å². The summed E-state index contributed by atoms with van der Waals surface area (Å²) in [7, 11) is 0. The predicted molar refractivity (Wildman–Crippen MR) is 108 cm³/mol. The molecule has 0 aliphatic carbocycles. The number of carbonyl (C=O) groups is 1. The molecule has 5 nitrogen and oxygen atoms in total. The van der Waals surface area contributed by atoms with Gasteiger partial charge in [-0.1, -0.05) is 30.3 Å². The standard InChI is InChI=1S/C22H22N4O/c1-16(2)26-15-18-13-19(10-11-20(18)24-26)23-22(27)21-9-6-12-25(21)14-17-7-4-3-5-8-17/h3-13,15-16H,14H2,1-2H3,(H,23,27). The lowest BCUT2D eigenvalue weighted by atomic mass is 10.2. The number of hydrogen-bond donors (Lipinski definition) is 1. The fourth-order valence-electron chi connectivity index (χ4n) is 3.12. The zero-order valence-corrected chi connectivity index (χ0v) is 15.5. The van der Waals surface area contributed by atoms with Gasteiger partial charge in [0.2, 0.25) is 0 Å². The second-order valence-electron chi connectivity index (χ2n) is 6.94. The number of amides is 1. The Kier molecular flexibility index (Phi) is 4.50. The molecule has 2 aromatic carbocycles. The van der Waals surface area contributed by atoms with Gasteiger partial charge in [-0.15, -0.1) is 0 Å². The van der Waals surface area contributed by atoms with Crippen LogP contribution in [-0.4, -0.2) is 20.3 Å². The van der Waals surface area contributed by atoms with E-state index >= 15 is 0 Å². The largest absolute Gasteiger partial charge is 0.339 e. The summed E-state index contributed by atoms with van der Waals surface area (Å²) in [5, 5.41) is 8.56. The Morgan fingerprint density at radius 1 is 1.07 bits per heavy atom. The zero-order valence-electron chi connectivity index (χ0n) is 15.5. The number of nitrogens with zero attached hydrogens (tertiary/aromatic N) is 3. The van der Waals surface area contributed by atoms with E-state index in [1.807, 2.05) is 70.2 Å². The summed E-state index contributed by atoms with van der Waals surface area (Å²) in [6, 6.07) is 19.9. The van der Waals surface area contributed by atoms with Crippen LogP contribution in [0.15, 0.2) is 73.1 Å². The van der Waals surface area contributed by atoms with Crippen LogP contribution < -0.4 is 5.32 Å². The average Bonchev–Trinajstić information content (AvgIpc) is 3.29. The number of benzene rings is 2. The zero-order chi connectivity index (χ0) is 18.8. The maximum Gasteiger partial charge on any atom is 0.272 e. The van der Waals surface area contributed by atoms with E-state index < -0.39 is 0 Å². The van der Waals surface area contributed by atoms with Gasteiger partial charge in [0.25, 0.3) is 5.91 Å². The predicted octanol–water partition coefficient (Wildman–Crippen LogP) is 4.72. The molecule has 1 N–H and O–H groups in total. The molecule has 0 atom stereocenters. The van der Waals surface area contributed by atoms with Crippen LogP contribution in [0.4, 0.5) is 5.69 Å². The summed E-state index contributed by atoms with van der Waals surface area (Å²) < 4.78 is 3.89. The number of nitrogens with one attached hydrogen (secondary N) is 1. The highest BCUT2D eigenvalue weighted by atomic mass is 16.1. The molecule has 0 bridgehead atoms. The fraction of sp³-hybridized carbons (Fsp3) is 0.182. The molecule has 2 heterocycles. The smallest absolute Gasteiger partial charge is 0.272 e. The summed E-state index contributed by atoms with van der Waals surface area (Å²) >= 11 is 0. The molecule has 0 radical (unpaired) electrons. The molecule has 27 heavy (non-hydrogen) atoms. The van der Waals surface area contributed by atoms with E-state index in [2.05, 4.69) is 36.4 Å². The molecule has 136 valence electrons. The quantitative estimate of drug-likeness (QED) is 0.561. The lowest BCUT2D eigenvalue weighted by Gasteiger charge is -2.10. The Labute approximate surface area is 158 Å². The Hall–Kier alpha value is -3.34. The summed E-state index contributed by atoms with van der Waals surface area (Å²) in [5.41, 5.74) is 3.49. The Balaban J connectivity index is 1.54. The van der Waals surface area contributed by atoms with Gasteiger partial charge < -0.3 is 9.88 Å². The van der Waals surface area contributed by atoms with Crippen LogP contribution >= 0.6 is 0 Å². The second-order valence-corrected chi connectivity index (χ2v) is 6.94. The van der Waals surface area contributed by atoms with Crippen LogP contribution in [0.25, 0.3) is 10.9 Å². The summed E-state index contributed by atoms with van der Waals surface area (Å²) in [5.74, 6) is -0.119. The molecular weight excluding hydrogens is 336 g/mol. The van der Waals surface area contributed by atoms with E-state index in [4.69, 9.17) is 0 Å². The Morgan fingerprint density at radius 2 is 1.89 bits per heavy atom. The van der Waals surface area contributed by atoms with Crippen molar-refractivity contribution in [3.8, 4) is 0 Å². The van der Waals surface area contributed by atoms with Crippen LogP contribution in [0.2, 0.25) is 0 Å². The Morgan fingerprint density at radius 3 is 2.67 bits per heavy atom. The minimum absolute atomic E-state index is 0.119. The van der Waals surface area contributed by atoms with E-state index in [0.29, 0.717) is 18.3 Å². The first kappa shape index (κ1) is 17.1. The summed E-state index contributed by atoms with van der Waals surface area (Å²) in [6.45, 7) is 4.85. The van der Waals surface area contributed by atoms with E-state index in [9.17, 15) is 4.79 Å². The number of rotatable bonds is 5. The van der Waals surface area contributed by atoms with Gasteiger partial charge in [-0.25, -0.2) is 0 Å². The molecule has 4 rings (SSSR count). The fourth-order valence-corrected chi connectivity index (χ4v) is 3.12. The van der Waals surface area contributed by atoms with E-state index in [0.717, 1.165) is 22.2 Å². The minimum Gasteiger partial charge on any atom is -0.339 e. The lowest BCUT2D eigenvalue weighted by Crippen LogP contribution is -2.17. The molecule has 0 aliphatic rings. The van der Waals surface area contributed by atoms with Crippen molar-refractivity contribution < 1.29 is 4.79 Å². The third-order valence-electron chi connectivity index (χ3n) is 4.57. The number of anilines is 1. The van der Waals surface area contributed by atoms with Gasteiger partial charge in [0.15, 0.2) is 0 Å². The van der Waals surface area contributed by atoms with Gasteiger partial charge in [-0.05, 0) is 49.7 Å². The number of aromatic nitrogens is 3. The maximum atomic E-state index is 12.8. The first-order chi connectivity index (χ1) is 13.1. The first-order valence-electron chi connectivity index (χ1n) is 9.09. The van der Waals surface area contributed by atoms with Crippen LogP contribution in [0, 0.1) is 0 Å². The van der Waals surface area contributed by atoms with Crippen molar-refractivity contribution in [2.75, 3.05) is 5.32 Å². The molecule has 0 spiro atoms. The SMILES string of the molecule is CC(C)n1cc2cc(NC(=O)c3cccn3Cc3ccccc3)ccc2n1. The highest BCUT2D eigenvalue weighted by Crippen LogP contribution is 2.20. The van der Waals surface area contributed by atoms with E-state index in [1.54, 1.807) is 0 Å². The third kappa shape index (κ3) is 3.62. The van der Waals surface area contributed by atoms with Crippen molar-refractivity contribution in [2.45, 2.75) is 26.4 Å².